The molecule has 34 heavy (non-hydrogen) atoms. The average molecular weight is 503 g/mol. The van der Waals surface area contributed by atoms with E-state index in [1.54, 1.807) is 28.6 Å². The van der Waals surface area contributed by atoms with Crippen LogP contribution in [-0.4, -0.2) is 51.9 Å². The minimum Gasteiger partial charge on any atom is -0.387 e. The lowest BCUT2D eigenvalue weighted by Gasteiger charge is -2.24. The van der Waals surface area contributed by atoms with Gasteiger partial charge in [-0.15, -0.1) is 0 Å². The summed E-state index contributed by atoms with van der Waals surface area (Å²) in [6.45, 7) is 5.88. The Kier molecular flexibility index (Phi) is 6.79. The van der Waals surface area contributed by atoms with Gasteiger partial charge in [0.15, 0.2) is 0 Å². The highest BCUT2D eigenvalue weighted by Gasteiger charge is 2.44. The van der Waals surface area contributed by atoms with Crippen molar-refractivity contribution < 1.29 is 19.1 Å². The number of nitrogens with zero attached hydrogens (tertiary/aromatic N) is 3. The minimum absolute atomic E-state index is 0.000904. The van der Waals surface area contributed by atoms with E-state index in [0.717, 1.165) is 10.9 Å². The highest BCUT2D eigenvalue weighted by atomic mass is 35.5. The van der Waals surface area contributed by atoms with E-state index in [-0.39, 0.29) is 29.9 Å². The van der Waals surface area contributed by atoms with E-state index in [4.69, 9.17) is 11.6 Å². The monoisotopic (exact) mass is 502 g/mol. The van der Waals surface area contributed by atoms with E-state index in [0.29, 0.717) is 23.5 Å². The van der Waals surface area contributed by atoms with Crippen molar-refractivity contribution in [1.29, 1.82) is 0 Å². The van der Waals surface area contributed by atoms with Crippen molar-refractivity contribution in [3.05, 3.63) is 64.6 Å². The van der Waals surface area contributed by atoms with Crippen molar-refractivity contribution in [2.45, 2.75) is 51.3 Å². The number of aliphatic hydroxyl groups is 1. The predicted octanol–water partition coefficient (Wildman–Crippen LogP) is 3.66. The van der Waals surface area contributed by atoms with Crippen molar-refractivity contribution in [2.24, 2.45) is 0 Å². The normalized spacial score (nSPS) is 18.3. The van der Waals surface area contributed by atoms with E-state index >= 15 is 0 Å². The molecular formula is C24H28ClFN4O3Si. The van der Waals surface area contributed by atoms with Crippen LogP contribution in [0.2, 0.25) is 24.2 Å². The summed E-state index contributed by atoms with van der Waals surface area (Å²) in [5, 5.41) is 18.1. The Morgan fingerprint density at radius 3 is 2.74 bits per heavy atom. The van der Waals surface area contributed by atoms with Crippen molar-refractivity contribution >= 4 is 42.4 Å². The molecule has 2 N–H and O–H groups in total. The van der Waals surface area contributed by atoms with Crippen LogP contribution in [0, 0.1) is 5.82 Å². The smallest absolute Gasteiger partial charge is 0.244 e. The van der Waals surface area contributed by atoms with Gasteiger partial charge in [-0.1, -0.05) is 55.0 Å². The largest absolute Gasteiger partial charge is 0.387 e. The Labute approximate surface area is 203 Å². The maximum absolute atomic E-state index is 14.2. The van der Waals surface area contributed by atoms with E-state index < -0.39 is 26.0 Å². The van der Waals surface area contributed by atoms with Gasteiger partial charge >= 0.3 is 0 Å². The Bertz CT molecular complexity index is 1250. The minimum atomic E-state index is -1.82. The summed E-state index contributed by atoms with van der Waals surface area (Å²) < 4.78 is 15.8. The molecule has 180 valence electrons. The lowest BCUT2D eigenvalue weighted by molar-refractivity contribution is -0.138. The second-order valence-electron chi connectivity index (χ2n) is 9.57. The molecule has 0 aliphatic carbocycles. The number of nitrogens with one attached hydrogen (secondary N) is 1. The number of para-hydroxylation sites is 1. The van der Waals surface area contributed by atoms with Crippen molar-refractivity contribution in [3.8, 4) is 0 Å². The Balaban J connectivity index is 1.53. The van der Waals surface area contributed by atoms with E-state index in [9.17, 15) is 19.1 Å². The van der Waals surface area contributed by atoms with Crippen molar-refractivity contribution in [3.63, 3.8) is 0 Å². The number of carbonyl (C=O) groups is 2. The molecule has 2 atom stereocenters. The molecule has 4 rings (SSSR count). The zero-order valence-corrected chi connectivity index (χ0v) is 21.1. The van der Waals surface area contributed by atoms with Gasteiger partial charge in [0, 0.05) is 23.7 Å². The zero-order chi connectivity index (χ0) is 24.6. The standard InChI is InChI=1S/C24H28ClFN4O3Si/c1-15(31)23-17-8-4-5-10-19(17)30(28-23)12-21(32)29-14-34(2,3)13-20(29)24(33)27-11-16-7-6-9-18(25)22(16)26/h4-10,15,20,31H,11-14H2,1-3H3,(H,27,33)/t15?,20-/m0/s1. The van der Waals surface area contributed by atoms with Crippen molar-refractivity contribution in [1.82, 2.24) is 20.0 Å². The van der Waals surface area contributed by atoms with Gasteiger partial charge in [0.1, 0.15) is 18.4 Å². The molecule has 1 aliphatic heterocycles. The fourth-order valence-corrected chi connectivity index (χ4v) is 7.65. The van der Waals surface area contributed by atoms with Crippen LogP contribution in [0.25, 0.3) is 10.9 Å². The third-order valence-electron chi connectivity index (χ3n) is 6.20. The fourth-order valence-electron chi connectivity index (χ4n) is 4.55. The van der Waals surface area contributed by atoms with E-state index in [1.165, 1.54) is 6.07 Å². The summed E-state index contributed by atoms with van der Waals surface area (Å²) in [7, 11) is -1.82. The number of hydrogen-bond donors (Lipinski definition) is 2. The SMILES string of the molecule is CC(O)c1nn(CC(=O)N2C[Si](C)(C)C[C@H]2C(=O)NCc2cccc(Cl)c2F)c2ccccc12. The summed E-state index contributed by atoms with van der Waals surface area (Å²) in [6.07, 6.45) is -0.220. The topological polar surface area (TPSA) is 87.5 Å². The van der Waals surface area contributed by atoms with Gasteiger partial charge in [-0.25, -0.2) is 4.39 Å². The number of rotatable bonds is 6. The number of aromatic nitrogens is 2. The molecule has 3 aromatic rings. The molecule has 0 radical (unpaired) electrons. The quantitative estimate of drug-likeness (QED) is 0.504. The lowest BCUT2D eigenvalue weighted by Crippen LogP contribution is -2.47. The van der Waals surface area contributed by atoms with Crippen LogP contribution in [-0.2, 0) is 22.7 Å². The average Bonchev–Trinajstić information content (AvgIpc) is 3.32. The fraction of sp³-hybridized carbons (Fsp3) is 0.375. The van der Waals surface area contributed by atoms with Crippen LogP contribution >= 0.6 is 11.6 Å². The second-order valence-corrected chi connectivity index (χ2v) is 15.0. The molecule has 2 amide bonds. The molecule has 1 aliphatic rings. The molecule has 7 nitrogen and oxygen atoms in total. The van der Waals surface area contributed by atoms with E-state index in [1.807, 2.05) is 24.3 Å². The van der Waals surface area contributed by atoms with Gasteiger partial charge in [-0.05, 0) is 25.1 Å². The van der Waals surface area contributed by atoms with Gasteiger partial charge in [0.05, 0.1) is 30.4 Å². The van der Waals surface area contributed by atoms with Crippen LogP contribution in [0.15, 0.2) is 42.5 Å². The third-order valence-corrected chi connectivity index (χ3v) is 9.18. The number of benzene rings is 2. The summed E-state index contributed by atoms with van der Waals surface area (Å²) >= 11 is 5.84. The molecule has 0 saturated carbocycles. The molecule has 1 aromatic heterocycles. The molecule has 1 unspecified atom stereocenters. The van der Waals surface area contributed by atoms with Crippen LogP contribution in [0.1, 0.15) is 24.3 Å². The van der Waals surface area contributed by atoms with Gasteiger partial charge in [0.2, 0.25) is 11.8 Å². The van der Waals surface area contributed by atoms with Gasteiger partial charge in [-0.2, -0.15) is 5.10 Å². The van der Waals surface area contributed by atoms with Crippen LogP contribution in [0.3, 0.4) is 0 Å². The Hall–Kier alpha value is -2.75. The molecule has 0 bridgehead atoms. The highest BCUT2D eigenvalue weighted by Crippen LogP contribution is 2.29. The number of carbonyl (C=O) groups excluding carboxylic acids is 2. The first-order valence-corrected chi connectivity index (χ1v) is 15.0. The summed E-state index contributed by atoms with van der Waals surface area (Å²) in [5.41, 5.74) is 1.55. The molecular weight excluding hydrogens is 475 g/mol. The van der Waals surface area contributed by atoms with E-state index in [2.05, 4.69) is 23.5 Å². The Morgan fingerprint density at radius 2 is 2.00 bits per heavy atom. The molecule has 1 saturated heterocycles. The third kappa shape index (κ3) is 4.87. The summed E-state index contributed by atoms with van der Waals surface area (Å²) in [4.78, 5) is 28.1. The maximum Gasteiger partial charge on any atom is 0.244 e. The summed E-state index contributed by atoms with van der Waals surface area (Å²) in [6, 6.07) is 12.1. The lowest BCUT2D eigenvalue weighted by atomic mass is 10.1. The van der Waals surface area contributed by atoms with Crippen molar-refractivity contribution in [2.75, 3.05) is 6.17 Å². The zero-order valence-electron chi connectivity index (χ0n) is 19.4. The molecule has 0 spiro atoms. The van der Waals surface area contributed by atoms with Crippen LogP contribution < -0.4 is 5.32 Å². The first kappa shape index (κ1) is 24.4. The number of hydrogen-bond acceptors (Lipinski definition) is 4. The number of amides is 2. The highest BCUT2D eigenvalue weighted by molar-refractivity contribution is 6.79. The van der Waals surface area contributed by atoms with Gasteiger partial charge < -0.3 is 15.3 Å². The number of fused-ring (bicyclic) bond motifs is 1. The second kappa shape index (κ2) is 9.48. The molecule has 2 heterocycles. The summed E-state index contributed by atoms with van der Waals surface area (Å²) in [5.74, 6) is -1.07. The Morgan fingerprint density at radius 1 is 1.26 bits per heavy atom. The number of aliphatic hydroxyl groups excluding tert-OH is 1. The first-order valence-electron chi connectivity index (χ1n) is 11.2. The maximum atomic E-state index is 14.2. The number of halogens is 2. The molecule has 1 fully saturated rings. The molecule has 10 heteroatoms. The van der Waals surface area contributed by atoms with Crippen LogP contribution in [0.4, 0.5) is 4.39 Å². The molecule has 2 aromatic carbocycles. The van der Waals surface area contributed by atoms with Gasteiger partial charge in [0.25, 0.3) is 0 Å². The van der Waals surface area contributed by atoms with Crippen LogP contribution in [0.5, 0.6) is 0 Å². The van der Waals surface area contributed by atoms with Gasteiger partial charge in [-0.3, -0.25) is 14.3 Å². The first-order chi connectivity index (χ1) is 16.1. The predicted molar refractivity (Wildman–Crippen MR) is 131 cm³/mol.